The minimum absolute atomic E-state index is 0.161. The number of nitrogens with one attached hydrogen (secondary N) is 1. The van der Waals surface area contributed by atoms with Gasteiger partial charge in [0.05, 0.1) is 12.2 Å². The number of benzene rings is 2. The van der Waals surface area contributed by atoms with Crippen LogP contribution in [-0.4, -0.2) is 77.0 Å². The number of carboxylic acid groups (broad SMARTS) is 1. The number of aliphatic imine (C=N–C) groups is 1. The van der Waals surface area contributed by atoms with Gasteiger partial charge in [-0.25, -0.2) is 18.6 Å². The fourth-order valence-corrected chi connectivity index (χ4v) is 6.28. The van der Waals surface area contributed by atoms with E-state index in [9.17, 15) is 23.5 Å². The third kappa shape index (κ3) is 6.59. The van der Waals surface area contributed by atoms with Gasteiger partial charge in [-0.3, -0.25) is 19.6 Å². The number of carboxylic acids is 1. The molecular formula is C29H28BrF2N5O4S. The number of esters is 1. The molecule has 0 amide bonds. The highest BCUT2D eigenvalue weighted by atomic mass is 79.9. The van der Waals surface area contributed by atoms with Crippen molar-refractivity contribution in [2.45, 2.75) is 19.0 Å². The molecule has 2 N–H and O–H groups in total. The van der Waals surface area contributed by atoms with Crippen molar-refractivity contribution in [3.8, 4) is 0 Å². The summed E-state index contributed by atoms with van der Waals surface area (Å²) in [5.41, 5.74) is 2.00. The second-order valence-electron chi connectivity index (χ2n) is 9.73. The number of amidine groups is 1. The molecule has 2 unspecified atom stereocenters. The van der Waals surface area contributed by atoms with Crippen molar-refractivity contribution >= 4 is 45.0 Å². The van der Waals surface area contributed by atoms with Crippen LogP contribution in [0.4, 0.5) is 8.78 Å². The Morgan fingerprint density at radius 2 is 1.86 bits per heavy atom. The van der Waals surface area contributed by atoms with Crippen molar-refractivity contribution in [2.24, 2.45) is 4.99 Å². The molecule has 13 heteroatoms. The van der Waals surface area contributed by atoms with Crippen molar-refractivity contribution in [3.63, 3.8) is 0 Å². The maximum atomic E-state index is 14.0. The predicted molar refractivity (Wildman–Crippen MR) is 157 cm³/mol. The van der Waals surface area contributed by atoms with E-state index < -0.39 is 35.7 Å². The smallest absolute Gasteiger partial charge is 0.338 e. The molecule has 0 radical (unpaired) electrons. The molecule has 3 aromatic rings. The summed E-state index contributed by atoms with van der Waals surface area (Å²) >= 11 is 4.83. The number of hydrogen-bond donors (Lipinski definition) is 2. The number of halogens is 3. The maximum absolute atomic E-state index is 14.0. The summed E-state index contributed by atoms with van der Waals surface area (Å²) in [6, 6.07) is 8.07. The molecule has 0 aliphatic carbocycles. The first-order chi connectivity index (χ1) is 20.2. The van der Waals surface area contributed by atoms with Gasteiger partial charge in [0.25, 0.3) is 0 Å². The molecule has 9 nitrogen and oxygen atoms in total. The Hall–Kier alpha value is -3.52. The van der Waals surface area contributed by atoms with Gasteiger partial charge in [0.15, 0.2) is 10.8 Å². The Kier molecular flexibility index (Phi) is 9.41. The van der Waals surface area contributed by atoms with Crippen molar-refractivity contribution in [2.75, 3.05) is 39.3 Å². The Labute approximate surface area is 253 Å². The van der Waals surface area contributed by atoms with Gasteiger partial charge in [-0.05, 0) is 42.3 Å². The van der Waals surface area contributed by atoms with Gasteiger partial charge in [-0.1, -0.05) is 34.1 Å². The molecule has 42 heavy (non-hydrogen) atoms. The van der Waals surface area contributed by atoms with Crippen LogP contribution >= 0.6 is 27.3 Å². The molecule has 2 aliphatic rings. The zero-order valence-electron chi connectivity index (χ0n) is 22.6. The van der Waals surface area contributed by atoms with Crippen LogP contribution in [0.25, 0.3) is 0 Å². The third-order valence-corrected chi connectivity index (χ3v) is 8.55. The van der Waals surface area contributed by atoms with E-state index in [1.165, 1.54) is 47.7 Å². The SMILES string of the molecule is CCOC(=O)C1=C(CN2CCN(C(C(=O)O)c3ccc(F)cc3)CC2)NC(c2nccs2)=NC1c1ccc(F)cc1Br. The number of rotatable bonds is 9. The molecular weight excluding hydrogens is 632 g/mol. The molecule has 0 spiro atoms. The molecule has 1 saturated heterocycles. The number of nitrogens with zero attached hydrogens (tertiary/aromatic N) is 4. The van der Waals surface area contributed by atoms with Crippen LogP contribution in [0.5, 0.6) is 0 Å². The second-order valence-corrected chi connectivity index (χ2v) is 11.5. The van der Waals surface area contributed by atoms with E-state index >= 15 is 0 Å². The first-order valence-corrected chi connectivity index (χ1v) is 15.0. The molecule has 1 fully saturated rings. The number of thiazole rings is 1. The summed E-state index contributed by atoms with van der Waals surface area (Å²) in [5, 5.41) is 15.7. The van der Waals surface area contributed by atoms with Crippen LogP contribution in [0, 0.1) is 11.6 Å². The lowest BCUT2D eigenvalue weighted by molar-refractivity contribution is -0.144. The average Bonchev–Trinajstić information content (AvgIpc) is 3.50. The van der Waals surface area contributed by atoms with E-state index in [4.69, 9.17) is 9.73 Å². The molecule has 0 saturated carbocycles. The fraction of sp³-hybridized carbons (Fsp3) is 0.310. The van der Waals surface area contributed by atoms with Gasteiger partial charge in [-0.2, -0.15) is 0 Å². The van der Waals surface area contributed by atoms with E-state index in [1.54, 1.807) is 19.2 Å². The average molecular weight is 661 g/mol. The normalized spacial score (nSPS) is 18.8. The Balaban J connectivity index is 1.44. The number of hydrogen-bond acceptors (Lipinski definition) is 9. The largest absolute Gasteiger partial charge is 0.480 e. The number of carbonyl (C=O) groups is 2. The van der Waals surface area contributed by atoms with Crippen LogP contribution in [0.1, 0.15) is 35.1 Å². The van der Waals surface area contributed by atoms with E-state index in [2.05, 4.69) is 31.1 Å². The van der Waals surface area contributed by atoms with E-state index in [0.29, 0.717) is 70.4 Å². The maximum Gasteiger partial charge on any atom is 0.338 e. The van der Waals surface area contributed by atoms with Crippen molar-refractivity contribution in [1.82, 2.24) is 20.1 Å². The highest BCUT2D eigenvalue weighted by Gasteiger charge is 2.36. The highest BCUT2D eigenvalue weighted by molar-refractivity contribution is 9.10. The van der Waals surface area contributed by atoms with Crippen molar-refractivity contribution in [3.05, 3.63) is 97.6 Å². The molecule has 2 atom stereocenters. The Bertz CT molecular complexity index is 1510. The Morgan fingerprint density at radius 3 is 2.48 bits per heavy atom. The summed E-state index contributed by atoms with van der Waals surface area (Å²) in [4.78, 5) is 38.7. The highest BCUT2D eigenvalue weighted by Crippen LogP contribution is 2.37. The summed E-state index contributed by atoms with van der Waals surface area (Å²) < 4.78 is 33.4. The summed E-state index contributed by atoms with van der Waals surface area (Å²) in [7, 11) is 0. The van der Waals surface area contributed by atoms with Crippen molar-refractivity contribution < 1.29 is 28.2 Å². The van der Waals surface area contributed by atoms with Crippen LogP contribution in [0.2, 0.25) is 0 Å². The predicted octanol–water partition coefficient (Wildman–Crippen LogP) is 4.54. The fourth-order valence-electron chi connectivity index (χ4n) is 5.12. The minimum Gasteiger partial charge on any atom is -0.480 e. The van der Waals surface area contributed by atoms with Gasteiger partial charge in [0, 0.05) is 54.5 Å². The standard InChI is InChI=1S/C29H28BrF2N5O4S/c1-2-41-29(40)23-22(16-36-10-12-37(13-11-36)25(28(38)39)17-3-5-18(31)6-4-17)34-26(27-33-9-14-42-27)35-24(23)20-8-7-19(32)15-21(20)30/h3-9,14-15,24-25H,2,10-13,16H2,1H3,(H,34,35)(H,38,39). The molecule has 1 aromatic heterocycles. The number of aromatic nitrogens is 1. The zero-order chi connectivity index (χ0) is 29.8. The number of piperazine rings is 1. The lowest BCUT2D eigenvalue weighted by Crippen LogP contribution is -2.51. The topological polar surface area (TPSA) is 107 Å². The van der Waals surface area contributed by atoms with Crippen LogP contribution in [0.3, 0.4) is 0 Å². The zero-order valence-corrected chi connectivity index (χ0v) is 25.0. The summed E-state index contributed by atoms with van der Waals surface area (Å²) in [6.45, 7) is 4.13. The van der Waals surface area contributed by atoms with E-state index in [1.807, 2.05) is 10.3 Å². The number of ether oxygens (including phenoxy) is 1. The van der Waals surface area contributed by atoms with Crippen LogP contribution < -0.4 is 5.32 Å². The summed E-state index contributed by atoms with van der Waals surface area (Å²) in [6.07, 6.45) is 1.66. The molecule has 3 heterocycles. The molecule has 5 rings (SSSR count). The Morgan fingerprint density at radius 1 is 1.14 bits per heavy atom. The molecule has 0 bridgehead atoms. The third-order valence-electron chi connectivity index (χ3n) is 7.09. The molecule has 2 aliphatic heterocycles. The minimum atomic E-state index is -1.01. The first-order valence-electron chi connectivity index (χ1n) is 13.3. The van der Waals surface area contributed by atoms with Gasteiger partial charge in [0.1, 0.15) is 23.7 Å². The van der Waals surface area contributed by atoms with Gasteiger partial charge in [0.2, 0.25) is 0 Å². The number of carbonyl (C=O) groups excluding carboxylic acids is 1. The van der Waals surface area contributed by atoms with Gasteiger partial charge in [-0.15, -0.1) is 11.3 Å². The summed E-state index contributed by atoms with van der Waals surface area (Å²) in [5.74, 6) is -1.92. The van der Waals surface area contributed by atoms with E-state index in [-0.39, 0.29) is 6.61 Å². The van der Waals surface area contributed by atoms with Crippen molar-refractivity contribution in [1.29, 1.82) is 0 Å². The van der Waals surface area contributed by atoms with Crippen LogP contribution in [0.15, 0.2) is 74.8 Å². The van der Waals surface area contributed by atoms with Gasteiger partial charge >= 0.3 is 11.9 Å². The van der Waals surface area contributed by atoms with E-state index in [0.717, 1.165) is 0 Å². The lowest BCUT2D eigenvalue weighted by atomic mass is 9.95. The lowest BCUT2D eigenvalue weighted by Gasteiger charge is -2.39. The number of aliphatic carboxylic acids is 1. The first kappa shape index (κ1) is 30.0. The molecule has 220 valence electrons. The molecule has 2 aromatic carbocycles. The monoisotopic (exact) mass is 659 g/mol. The van der Waals surface area contributed by atoms with Crippen LogP contribution in [-0.2, 0) is 14.3 Å². The second kappa shape index (κ2) is 13.2. The quantitative estimate of drug-likeness (QED) is 0.323. The van der Waals surface area contributed by atoms with Gasteiger partial charge < -0.3 is 15.2 Å².